The van der Waals surface area contributed by atoms with E-state index in [1.165, 1.54) is 0 Å². The first-order valence-corrected chi connectivity index (χ1v) is 6.12. The average Bonchev–Trinajstić information content (AvgIpc) is 2.25. The standard InChI is InChI=1S/C11H17N3OS/c1-11(2,3)16(15)13-9-14(4)10-7-5-6-8-12-10/h5-9H,1-4H3/b13-9+. The topological polar surface area (TPSA) is 45.6 Å². The molecule has 0 radical (unpaired) electrons. The molecule has 88 valence electrons. The third-order valence-corrected chi connectivity index (χ3v) is 3.18. The summed E-state index contributed by atoms with van der Waals surface area (Å²) in [5, 5.41) is 0. The highest BCUT2D eigenvalue weighted by atomic mass is 32.2. The summed E-state index contributed by atoms with van der Waals surface area (Å²) in [5.41, 5.74) is 0. The van der Waals surface area contributed by atoms with Gasteiger partial charge < -0.3 is 4.90 Å². The van der Waals surface area contributed by atoms with Gasteiger partial charge in [-0.3, -0.25) is 0 Å². The third kappa shape index (κ3) is 3.73. The summed E-state index contributed by atoms with van der Waals surface area (Å²) in [7, 11) is 0.593. The van der Waals surface area contributed by atoms with Gasteiger partial charge in [-0.05, 0) is 32.9 Å². The lowest BCUT2D eigenvalue weighted by Crippen LogP contribution is -2.22. The largest absolute Gasteiger partial charge is 0.320 e. The maximum Gasteiger partial charge on any atom is 0.146 e. The van der Waals surface area contributed by atoms with Crippen LogP contribution in [-0.4, -0.2) is 27.3 Å². The van der Waals surface area contributed by atoms with Gasteiger partial charge in [0.1, 0.15) is 23.1 Å². The average molecular weight is 239 g/mol. The minimum Gasteiger partial charge on any atom is -0.320 e. The molecule has 0 aromatic carbocycles. The fourth-order valence-corrected chi connectivity index (χ4v) is 1.44. The third-order valence-electron chi connectivity index (χ3n) is 1.85. The molecule has 4 nitrogen and oxygen atoms in total. The lowest BCUT2D eigenvalue weighted by atomic mass is 10.3. The van der Waals surface area contributed by atoms with E-state index < -0.39 is 11.0 Å². The normalized spacial score (nSPS) is 14.0. The van der Waals surface area contributed by atoms with Crippen molar-refractivity contribution in [3.05, 3.63) is 24.4 Å². The molecule has 0 saturated carbocycles. The van der Waals surface area contributed by atoms with Crippen LogP contribution < -0.4 is 4.90 Å². The molecular formula is C11H17N3OS. The molecule has 1 aromatic rings. The highest BCUT2D eigenvalue weighted by Gasteiger charge is 2.18. The Labute approximate surface area is 99.0 Å². The molecule has 0 spiro atoms. The van der Waals surface area contributed by atoms with E-state index >= 15 is 0 Å². The van der Waals surface area contributed by atoms with E-state index in [0.717, 1.165) is 5.82 Å². The van der Waals surface area contributed by atoms with Gasteiger partial charge >= 0.3 is 0 Å². The molecule has 1 atom stereocenters. The van der Waals surface area contributed by atoms with E-state index in [-0.39, 0.29) is 4.75 Å². The number of pyridine rings is 1. The number of hydrogen-bond acceptors (Lipinski definition) is 2. The van der Waals surface area contributed by atoms with Crippen molar-refractivity contribution in [3.63, 3.8) is 0 Å². The maximum atomic E-state index is 11.7. The van der Waals surface area contributed by atoms with Crippen LogP contribution >= 0.6 is 0 Å². The van der Waals surface area contributed by atoms with Crippen LogP contribution in [0.2, 0.25) is 0 Å². The Bertz CT molecular complexity index is 384. The minimum atomic E-state index is -1.23. The molecular weight excluding hydrogens is 222 g/mol. The van der Waals surface area contributed by atoms with E-state index in [0.29, 0.717) is 0 Å². The molecule has 5 heteroatoms. The summed E-state index contributed by atoms with van der Waals surface area (Å²) < 4.78 is 15.3. The predicted molar refractivity (Wildman–Crippen MR) is 69.0 cm³/mol. The number of hydrogen-bond donors (Lipinski definition) is 0. The van der Waals surface area contributed by atoms with E-state index in [2.05, 4.69) is 9.38 Å². The van der Waals surface area contributed by atoms with Crippen LogP contribution in [0.3, 0.4) is 0 Å². The minimum absolute atomic E-state index is 0.332. The van der Waals surface area contributed by atoms with Gasteiger partial charge in [-0.2, -0.15) is 4.40 Å². The van der Waals surface area contributed by atoms with Crippen LogP contribution in [0, 0.1) is 0 Å². The van der Waals surface area contributed by atoms with Gasteiger partial charge in [0.25, 0.3) is 0 Å². The number of anilines is 1. The van der Waals surface area contributed by atoms with Gasteiger partial charge in [0, 0.05) is 13.2 Å². The maximum absolute atomic E-state index is 11.7. The molecule has 16 heavy (non-hydrogen) atoms. The SMILES string of the molecule is CN(/C=N/S(=O)C(C)(C)C)c1ccccn1. The molecule has 0 aliphatic rings. The van der Waals surface area contributed by atoms with Gasteiger partial charge in [0.05, 0.1) is 4.75 Å². The van der Waals surface area contributed by atoms with Crippen molar-refractivity contribution in [1.82, 2.24) is 4.98 Å². The van der Waals surface area contributed by atoms with Crippen LogP contribution in [0.1, 0.15) is 20.8 Å². The Morgan fingerprint density at radius 3 is 2.62 bits per heavy atom. The van der Waals surface area contributed by atoms with Crippen LogP contribution in [0.25, 0.3) is 0 Å². The first-order valence-electron chi connectivity index (χ1n) is 5.01. The Morgan fingerprint density at radius 1 is 1.44 bits per heavy atom. The first kappa shape index (κ1) is 12.8. The Balaban J connectivity index is 2.69. The van der Waals surface area contributed by atoms with Crippen LogP contribution in [0.15, 0.2) is 28.8 Å². The monoisotopic (exact) mass is 239 g/mol. The van der Waals surface area contributed by atoms with Gasteiger partial charge in [-0.1, -0.05) is 6.07 Å². The first-order chi connectivity index (χ1) is 7.41. The van der Waals surface area contributed by atoms with Crippen molar-refractivity contribution in [2.75, 3.05) is 11.9 Å². The summed E-state index contributed by atoms with van der Waals surface area (Å²) in [6.07, 6.45) is 3.25. The van der Waals surface area contributed by atoms with Gasteiger partial charge in [0.15, 0.2) is 0 Å². The fraction of sp³-hybridized carbons (Fsp3) is 0.455. The number of aromatic nitrogens is 1. The molecule has 0 fully saturated rings. The molecule has 0 saturated heterocycles. The second-order valence-corrected chi connectivity index (χ2v) is 6.32. The van der Waals surface area contributed by atoms with Crippen molar-refractivity contribution < 1.29 is 4.21 Å². The number of rotatable bonds is 3. The van der Waals surface area contributed by atoms with Gasteiger partial charge in [-0.15, -0.1) is 0 Å². The van der Waals surface area contributed by atoms with Crippen molar-refractivity contribution in [2.45, 2.75) is 25.5 Å². The smallest absolute Gasteiger partial charge is 0.146 e. The molecule has 1 heterocycles. The second kappa shape index (κ2) is 5.21. The van der Waals surface area contributed by atoms with Gasteiger partial charge in [0.2, 0.25) is 0 Å². The molecule has 1 rings (SSSR count). The Hall–Kier alpha value is -1.23. The molecule has 0 amide bonds. The lowest BCUT2D eigenvalue weighted by molar-refractivity contribution is 0.651. The summed E-state index contributed by atoms with van der Waals surface area (Å²) in [5.74, 6) is 0.775. The van der Waals surface area contributed by atoms with Crippen molar-refractivity contribution >= 4 is 23.1 Å². The van der Waals surface area contributed by atoms with Crippen LogP contribution in [0.4, 0.5) is 5.82 Å². The molecule has 0 bridgehead atoms. The van der Waals surface area contributed by atoms with E-state index in [1.54, 1.807) is 17.4 Å². The van der Waals surface area contributed by atoms with Crippen molar-refractivity contribution in [3.8, 4) is 0 Å². The summed E-state index contributed by atoms with van der Waals surface area (Å²) in [6, 6.07) is 5.61. The molecule has 0 N–H and O–H groups in total. The summed E-state index contributed by atoms with van der Waals surface area (Å²) in [6.45, 7) is 5.67. The second-order valence-electron chi connectivity index (χ2n) is 4.38. The van der Waals surface area contributed by atoms with Crippen molar-refractivity contribution in [1.29, 1.82) is 0 Å². The Kier molecular flexibility index (Phi) is 4.18. The zero-order chi connectivity index (χ0) is 12.2. The highest BCUT2D eigenvalue weighted by molar-refractivity contribution is 7.85. The summed E-state index contributed by atoms with van der Waals surface area (Å²) in [4.78, 5) is 5.89. The van der Waals surface area contributed by atoms with E-state index in [4.69, 9.17) is 0 Å². The summed E-state index contributed by atoms with van der Waals surface area (Å²) >= 11 is 0. The zero-order valence-electron chi connectivity index (χ0n) is 10.0. The van der Waals surface area contributed by atoms with Gasteiger partial charge in [-0.25, -0.2) is 9.19 Å². The quantitative estimate of drug-likeness (QED) is 0.598. The highest BCUT2D eigenvalue weighted by Crippen LogP contribution is 2.12. The molecule has 1 aromatic heterocycles. The molecule has 0 aliphatic heterocycles. The molecule has 1 unspecified atom stereocenters. The fourth-order valence-electron chi connectivity index (χ4n) is 0.893. The predicted octanol–water partition coefficient (Wildman–Crippen LogP) is 2.01. The van der Waals surface area contributed by atoms with Crippen molar-refractivity contribution in [2.24, 2.45) is 4.40 Å². The van der Waals surface area contributed by atoms with Crippen LogP contribution in [-0.2, 0) is 11.0 Å². The van der Waals surface area contributed by atoms with Crippen LogP contribution in [0.5, 0.6) is 0 Å². The lowest BCUT2D eigenvalue weighted by Gasteiger charge is -2.15. The van der Waals surface area contributed by atoms with E-state index in [1.807, 2.05) is 46.0 Å². The Morgan fingerprint density at radius 2 is 2.12 bits per heavy atom. The zero-order valence-corrected chi connectivity index (χ0v) is 10.9. The number of nitrogens with zero attached hydrogens (tertiary/aromatic N) is 3. The molecule has 0 aliphatic carbocycles. The van der Waals surface area contributed by atoms with E-state index in [9.17, 15) is 4.21 Å².